The molecule has 0 bridgehead atoms. The molecule has 1 saturated heterocycles. The summed E-state index contributed by atoms with van der Waals surface area (Å²) in [5.41, 5.74) is 0.579. The Balaban J connectivity index is 2.30. The third-order valence-electron chi connectivity index (χ3n) is 3.19. The zero-order chi connectivity index (χ0) is 12.3. The van der Waals surface area contributed by atoms with Crippen LogP contribution in [0, 0.1) is 11.6 Å². The molecule has 1 N–H and O–H groups in total. The lowest BCUT2D eigenvalue weighted by Crippen LogP contribution is -2.27. The van der Waals surface area contributed by atoms with Crippen molar-refractivity contribution in [3.63, 3.8) is 0 Å². The summed E-state index contributed by atoms with van der Waals surface area (Å²) in [5.74, 6) is -1.00. The van der Waals surface area contributed by atoms with E-state index in [2.05, 4.69) is 5.32 Å². The molecule has 1 heterocycles. The molecule has 1 aliphatic rings. The van der Waals surface area contributed by atoms with Crippen LogP contribution in [0.5, 0.6) is 0 Å². The largest absolute Gasteiger partial charge is 0.380 e. The van der Waals surface area contributed by atoms with Crippen molar-refractivity contribution >= 4 is 0 Å². The average molecular weight is 241 g/mol. The number of ether oxygens (including phenoxy) is 1. The number of methoxy groups -OCH3 is 1. The zero-order valence-corrected chi connectivity index (χ0v) is 9.93. The van der Waals surface area contributed by atoms with Crippen LogP contribution < -0.4 is 5.32 Å². The minimum absolute atomic E-state index is 0.0000406. The van der Waals surface area contributed by atoms with Gasteiger partial charge in [0.2, 0.25) is 0 Å². The predicted molar refractivity (Wildman–Crippen MR) is 61.7 cm³/mol. The van der Waals surface area contributed by atoms with Gasteiger partial charge in [-0.2, -0.15) is 0 Å². The van der Waals surface area contributed by atoms with E-state index in [0.29, 0.717) is 5.56 Å². The Bertz CT molecular complexity index is 389. The highest BCUT2D eigenvalue weighted by atomic mass is 19.1. The Morgan fingerprint density at radius 3 is 2.82 bits per heavy atom. The Morgan fingerprint density at radius 1 is 1.35 bits per heavy atom. The second-order valence-electron chi connectivity index (χ2n) is 4.36. The second-order valence-corrected chi connectivity index (χ2v) is 4.36. The van der Waals surface area contributed by atoms with E-state index < -0.39 is 11.6 Å². The number of benzene rings is 1. The lowest BCUT2D eigenvalue weighted by molar-refractivity contribution is 0.177. The Hall–Kier alpha value is -1.00. The number of nitrogens with one attached hydrogen (secondary N) is 1. The van der Waals surface area contributed by atoms with Crippen LogP contribution in [-0.4, -0.2) is 13.7 Å². The van der Waals surface area contributed by atoms with Crippen molar-refractivity contribution in [3.8, 4) is 0 Å². The normalized spacial score (nSPS) is 20.5. The summed E-state index contributed by atoms with van der Waals surface area (Å²) in [6, 6.07) is 2.86. The number of hydrogen-bond acceptors (Lipinski definition) is 2. The van der Waals surface area contributed by atoms with Gasteiger partial charge in [0.05, 0.1) is 6.61 Å². The maximum atomic E-state index is 14.1. The van der Waals surface area contributed by atoms with E-state index in [0.717, 1.165) is 25.8 Å². The summed E-state index contributed by atoms with van der Waals surface area (Å²) in [7, 11) is 1.43. The number of rotatable bonds is 3. The van der Waals surface area contributed by atoms with Gasteiger partial charge in [0.1, 0.15) is 11.6 Å². The molecular weight excluding hydrogens is 224 g/mol. The van der Waals surface area contributed by atoms with Crippen molar-refractivity contribution in [2.45, 2.75) is 31.9 Å². The van der Waals surface area contributed by atoms with E-state index in [1.54, 1.807) is 0 Å². The molecule has 94 valence electrons. The molecule has 4 heteroatoms. The van der Waals surface area contributed by atoms with Crippen LogP contribution in [-0.2, 0) is 11.3 Å². The van der Waals surface area contributed by atoms with Crippen LogP contribution in [0.15, 0.2) is 12.1 Å². The van der Waals surface area contributed by atoms with E-state index in [1.165, 1.54) is 19.2 Å². The quantitative estimate of drug-likeness (QED) is 0.878. The average Bonchev–Trinajstić information content (AvgIpc) is 2.36. The van der Waals surface area contributed by atoms with Crippen LogP contribution in [0.2, 0.25) is 0 Å². The maximum Gasteiger partial charge on any atom is 0.136 e. The highest BCUT2D eigenvalue weighted by Crippen LogP contribution is 2.28. The number of halogens is 2. The summed E-state index contributed by atoms with van der Waals surface area (Å²) in [6.45, 7) is 0.860. The van der Waals surface area contributed by atoms with Gasteiger partial charge in [-0.05, 0) is 25.5 Å². The van der Waals surface area contributed by atoms with Gasteiger partial charge in [0.15, 0.2) is 0 Å². The van der Waals surface area contributed by atoms with Crippen LogP contribution in [0.3, 0.4) is 0 Å². The van der Waals surface area contributed by atoms with Crippen molar-refractivity contribution in [3.05, 3.63) is 34.9 Å². The van der Waals surface area contributed by atoms with Gasteiger partial charge in [-0.25, -0.2) is 8.78 Å². The van der Waals surface area contributed by atoms with Gasteiger partial charge in [0, 0.05) is 24.3 Å². The molecule has 0 saturated carbocycles. The third-order valence-corrected chi connectivity index (χ3v) is 3.19. The molecular formula is C13H17F2NO. The molecule has 1 atom stereocenters. The fourth-order valence-electron chi connectivity index (χ4n) is 2.28. The summed E-state index contributed by atoms with van der Waals surface area (Å²) in [6.07, 6.45) is 3.09. The fraction of sp³-hybridized carbons (Fsp3) is 0.538. The molecule has 2 nitrogen and oxygen atoms in total. The lowest BCUT2D eigenvalue weighted by Gasteiger charge is -2.25. The van der Waals surface area contributed by atoms with Gasteiger partial charge in [-0.15, -0.1) is 0 Å². The first-order valence-electron chi connectivity index (χ1n) is 5.93. The molecule has 0 aliphatic carbocycles. The van der Waals surface area contributed by atoms with E-state index in [1.807, 2.05) is 0 Å². The molecule has 0 radical (unpaired) electrons. The van der Waals surface area contributed by atoms with Gasteiger partial charge in [0.25, 0.3) is 0 Å². The number of hydrogen-bond donors (Lipinski definition) is 1. The highest BCUT2D eigenvalue weighted by Gasteiger charge is 2.21. The van der Waals surface area contributed by atoms with Crippen molar-refractivity contribution in [1.82, 2.24) is 5.32 Å². The molecule has 1 aliphatic heterocycles. The molecule has 1 fully saturated rings. The fourth-order valence-corrected chi connectivity index (χ4v) is 2.28. The molecule has 17 heavy (non-hydrogen) atoms. The molecule has 0 spiro atoms. The molecule has 0 aromatic heterocycles. The Morgan fingerprint density at radius 2 is 2.18 bits per heavy atom. The minimum atomic E-state index is -0.538. The summed E-state index contributed by atoms with van der Waals surface area (Å²) in [5, 5.41) is 3.26. The van der Waals surface area contributed by atoms with E-state index in [9.17, 15) is 8.78 Å². The van der Waals surface area contributed by atoms with Crippen molar-refractivity contribution in [1.29, 1.82) is 0 Å². The maximum absolute atomic E-state index is 14.1. The van der Waals surface area contributed by atoms with E-state index in [-0.39, 0.29) is 18.2 Å². The topological polar surface area (TPSA) is 21.3 Å². The Labute approximate surface area is 100.0 Å². The van der Waals surface area contributed by atoms with Crippen LogP contribution in [0.4, 0.5) is 8.78 Å². The second kappa shape index (κ2) is 5.56. The lowest BCUT2D eigenvalue weighted by atomic mass is 9.95. The van der Waals surface area contributed by atoms with Crippen LogP contribution >= 0.6 is 0 Å². The van der Waals surface area contributed by atoms with Gasteiger partial charge in [-0.3, -0.25) is 0 Å². The predicted octanol–water partition coefficient (Wildman–Crippen LogP) is 2.93. The standard InChI is InChI=1S/C13H17F2NO/c1-17-8-10-11(14)6-5-9(13(10)15)12-4-2-3-7-16-12/h5-6,12,16H,2-4,7-8H2,1H3. The SMILES string of the molecule is COCc1c(F)ccc(C2CCCCN2)c1F. The summed E-state index contributed by atoms with van der Waals surface area (Å²) >= 11 is 0. The summed E-state index contributed by atoms with van der Waals surface area (Å²) < 4.78 is 32.4. The monoisotopic (exact) mass is 241 g/mol. The molecule has 1 unspecified atom stereocenters. The smallest absolute Gasteiger partial charge is 0.136 e. The minimum Gasteiger partial charge on any atom is -0.380 e. The molecule has 1 aromatic rings. The first kappa shape index (κ1) is 12.5. The van der Waals surface area contributed by atoms with Gasteiger partial charge in [-0.1, -0.05) is 12.5 Å². The Kier molecular flexibility index (Phi) is 4.07. The molecule has 1 aromatic carbocycles. The van der Waals surface area contributed by atoms with Crippen LogP contribution in [0.1, 0.15) is 36.4 Å². The van der Waals surface area contributed by atoms with E-state index >= 15 is 0 Å². The van der Waals surface area contributed by atoms with Gasteiger partial charge < -0.3 is 10.1 Å². The number of piperidine rings is 1. The molecule has 2 rings (SSSR count). The molecule has 0 amide bonds. The zero-order valence-electron chi connectivity index (χ0n) is 9.93. The van der Waals surface area contributed by atoms with Crippen molar-refractivity contribution in [2.75, 3.05) is 13.7 Å². The first-order valence-corrected chi connectivity index (χ1v) is 5.93. The van der Waals surface area contributed by atoms with Crippen LogP contribution in [0.25, 0.3) is 0 Å². The van der Waals surface area contributed by atoms with Gasteiger partial charge >= 0.3 is 0 Å². The highest BCUT2D eigenvalue weighted by molar-refractivity contribution is 5.29. The third kappa shape index (κ3) is 2.64. The van der Waals surface area contributed by atoms with Crippen molar-refractivity contribution in [2.24, 2.45) is 0 Å². The first-order chi connectivity index (χ1) is 8.24. The summed E-state index contributed by atoms with van der Waals surface area (Å²) in [4.78, 5) is 0. The van der Waals surface area contributed by atoms with Crippen molar-refractivity contribution < 1.29 is 13.5 Å². The van der Waals surface area contributed by atoms with E-state index in [4.69, 9.17) is 4.74 Å².